The number of carboxylic acid groups (broad SMARTS) is 1. The van der Waals surface area contributed by atoms with Gasteiger partial charge in [-0.25, -0.2) is 4.79 Å². The molecule has 1 heterocycles. The first-order valence-electron chi connectivity index (χ1n) is 3.79. The second-order valence-electron chi connectivity index (χ2n) is 3.97. The molecule has 1 rings (SSSR count). The van der Waals surface area contributed by atoms with Crippen LogP contribution in [0.4, 0.5) is 0 Å². The van der Waals surface area contributed by atoms with E-state index in [2.05, 4.69) is 5.16 Å². The van der Waals surface area contributed by atoms with Gasteiger partial charge in [-0.2, -0.15) is 0 Å². The first kappa shape index (κ1) is 9.03. The highest BCUT2D eigenvalue weighted by Crippen LogP contribution is 2.40. The second-order valence-corrected chi connectivity index (χ2v) is 3.97. The van der Waals surface area contributed by atoms with Crippen LogP contribution in [0.25, 0.3) is 0 Å². The molecule has 68 valence electrons. The van der Waals surface area contributed by atoms with Gasteiger partial charge in [-0.05, 0) is 27.7 Å². The fourth-order valence-corrected chi connectivity index (χ4v) is 0.979. The standard InChI is InChI=1S/C8H13NO3/c1-7(2)5(6(10)11)9-12-8(7,3)4/h1-4H3,(H,10,11). The van der Waals surface area contributed by atoms with Crippen LogP contribution >= 0.6 is 0 Å². The number of nitrogens with zero attached hydrogens (tertiary/aromatic N) is 1. The molecule has 0 bridgehead atoms. The lowest BCUT2D eigenvalue weighted by atomic mass is 9.74. The Balaban J connectivity index is 3.04. The minimum Gasteiger partial charge on any atom is -0.477 e. The predicted octanol–water partition coefficient (Wildman–Crippen LogP) is 1.26. The molecular weight excluding hydrogens is 158 g/mol. The van der Waals surface area contributed by atoms with Gasteiger partial charge in [0.05, 0.1) is 5.41 Å². The van der Waals surface area contributed by atoms with E-state index in [1.54, 1.807) is 0 Å². The number of carbonyl (C=O) groups is 1. The van der Waals surface area contributed by atoms with Crippen molar-refractivity contribution >= 4 is 11.7 Å². The number of rotatable bonds is 1. The van der Waals surface area contributed by atoms with Gasteiger partial charge in [0.25, 0.3) is 0 Å². The van der Waals surface area contributed by atoms with Gasteiger partial charge in [-0.15, -0.1) is 0 Å². The van der Waals surface area contributed by atoms with Crippen molar-refractivity contribution in [3.8, 4) is 0 Å². The van der Waals surface area contributed by atoms with Gasteiger partial charge in [-0.3, -0.25) is 0 Å². The van der Waals surface area contributed by atoms with E-state index in [0.717, 1.165) is 0 Å². The number of hydrogen-bond donors (Lipinski definition) is 1. The van der Waals surface area contributed by atoms with Crippen molar-refractivity contribution < 1.29 is 14.7 Å². The Hall–Kier alpha value is -1.06. The third kappa shape index (κ3) is 0.983. The van der Waals surface area contributed by atoms with Gasteiger partial charge in [0.2, 0.25) is 0 Å². The van der Waals surface area contributed by atoms with E-state index in [-0.39, 0.29) is 5.71 Å². The minimum absolute atomic E-state index is 0.0903. The summed E-state index contributed by atoms with van der Waals surface area (Å²) in [4.78, 5) is 15.7. The van der Waals surface area contributed by atoms with Gasteiger partial charge in [0.15, 0.2) is 5.71 Å². The maximum atomic E-state index is 10.7. The van der Waals surface area contributed by atoms with Gasteiger partial charge in [0.1, 0.15) is 5.60 Å². The van der Waals surface area contributed by atoms with Crippen molar-refractivity contribution in [2.45, 2.75) is 33.3 Å². The summed E-state index contributed by atoms with van der Waals surface area (Å²) >= 11 is 0. The highest BCUT2D eigenvalue weighted by Gasteiger charge is 2.51. The van der Waals surface area contributed by atoms with Crippen LogP contribution < -0.4 is 0 Å². The average molecular weight is 171 g/mol. The van der Waals surface area contributed by atoms with Gasteiger partial charge < -0.3 is 9.94 Å². The van der Waals surface area contributed by atoms with E-state index in [9.17, 15) is 4.79 Å². The van der Waals surface area contributed by atoms with Gasteiger partial charge >= 0.3 is 5.97 Å². The van der Waals surface area contributed by atoms with Crippen molar-refractivity contribution in [1.29, 1.82) is 0 Å². The summed E-state index contributed by atoms with van der Waals surface area (Å²) in [5.41, 5.74) is -0.993. The van der Waals surface area contributed by atoms with Crippen LogP contribution in [-0.2, 0) is 9.63 Å². The van der Waals surface area contributed by atoms with Crippen molar-refractivity contribution in [1.82, 2.24) is 0 Å². The zero-order valence-electron chi connectivity index (χ0n) is 7.71. The molecule has 0 aromatic carbocycles. The topological polar surface area (TPSA) is 58.9 Å². The van der Waals surface area contributed by atoms with Gasteiger partial charge in [-0.1, -0.05) is 5.16 Å². The molecule has 0 amide bonds. The summed E-state index contributed by atoms with van der Waals surface area (Å²) in [6, 6.07) is 0. The van der Waals surface area contributed by atoms with E-state index < -0.39 is 17.0 Å². The van der Waals surface area contributed by atoms with Crippen LogP contribution in [0.5, 0.6) is 0 Å². The summed E-state index contributed by atoms with van der Waals surface area (Å²) in [6.07, 6.45) is 0. The fraction of sp³-hybridized carbons (Fsp3) is 0.750. The lowest BCUT2D eigenvalue weighted by Crippen LogP contribution is -2.43. The van der Waals surface area contributed by atoms with Crippen LogP contribution in [0.1, 0.15) is 27.7 Å². The van der Waals surface area contributed by atoms with Crippen LogP contribution in [0, 0.1) is 5.41 Å². The molecule has 0 unspecified atom stereocenters. The number of carboxylic acids is 1. The highest BCUT2D eigenvalue weighted by molar-refractivity contribution is 6.38. The summed E-state index contributed by atoms with van der Waals surface area (Å²) in [5, 5.41) is 12.3. The van der Waals surface area contributed by atoms with Crippen molar-refractivity contribution in [3.63, 3.8) is 0 Å². The first-order chi connectivity index (χ1) is 5.29. The molecule has 0 saturated heterocycles. The van der Waals surface area contributed by atoms with Crippen molar-refractivity contribution in [2.24, 2.45) is 10.6 Å². The van der Waals surface area contributed by atoms with Crippen LogP contribution in [0.2, 0.25) is 0 Å². The first-order valence-corrected chi connectivity index (χ1v) is 3.79. The monoisotopic (exact) mass is 171 g/mol. The highest BCUT2D eigenvalue weighted by atomic mass is 16.7. The van der Waals surface area contributed by atoms with Crippen LogP contribution in [0.3, 0.4) is 0 Å². The molecule has 4 heteroatoms. The van der Waals surface area contributed by atoms with E-state index in [1.807, 2.05) is 27.7 Å². The summed E-state index contributed by atoms with van der Waals surface area (Å²) in [5.74, 6) is -1.01. The Kier molecular flexibility index (Phi) is 1.67. The third-order valence-electron chi connectivity index (χ3n) is 2.66. The zero-order chi connectivity index (χ0) is 9.57. The maximum absolute atomic E-state index is 10.7. The molecular formula is C8H13NO3. The molecule has 0 aromatic heterocycles. The lowest BCUT2D eigenvalue weighted by Gasteiger charge is -2.30. The number of oxime groups is 1. The molecule has 0 aromatic rings. The summed E-state index contributed by atoms with van der Waals surface area (Å²) < 4.78 is 0. The van der Waals surface area contributed by atoms with Crippen molar-refractivity contribution in [2.75, 3.05) is 0 Å². The second kappa shape index (κ2) is 2.21. The molecule has 0 radical (unpaired) electrons. The van der Waals surface area contributed by atoms with Crippen molar-refractivity contribution in [3.05, 3.63) is 0 Å². The Labute approximate surface area is 71.2 Å². The molecule has 1 aliphatic rings. The predicted molar refractivity (Wildman–Crippen MR) is 44.0 cm³/mol. The quantitative estimate of drug-likeness (QED) is 0.646. The summed E-state index contributed by atoms with van der Waals surface area (Å²) in [7, 11) is 0. The Bertz CT molecular complexity index is 253. The molecule has 0 aliphatic carbocycles. The largest absolute Gasteiger partial charge is 0.477 e. The molecule has 12 heavy (non-hydrogen) atoms. The van der Waals surface area contributed by atoms with E-state index in [4.69, 9.17) is 9.94 Å². The fourth-order valence-electron chi connectivity index (χ4n) is 0.979. The molecule has 1 aliphatic heterocycles. The Morgan fingerprint density at radius 3 is 2.08 bits per heavy atom. The number of aliphatic carboxylic acids is 1. The third-order valence-corrected chi connectivity index (χ3v) is 2.66. The molecule has 1 N–H and O–H groups in total. The molecule has 0 spiro atoms. The number of hydrogen-bond acceptors (Lipinski definition) is 3. The Morgan fingerprint density at radius 1 is 1.42 bits per heavy atom. The zero-order valence-corrected chi connectivity index (χ0v) is 7.71. The van der Waals surface area contributed by atoms with E-state index in [0.29, 0.717) is 0 Å². The molecule has 4 nitrogen and oxygen atoms in total. The van der Waals surface area contributed by atoms with Crippen LogP contribution in [0.15, 0.2) is 5.16 Å². The van der Waals surface area contributed by atoms with Gasteiger partial charge in [0, 0.05) is 0 Å². The van der Waals surface area contributed by atoms with E-state index in [1.165, 1.54) is 0 Å². The lowest BCUT2D eigenvalue weighted by molar-refractivity contribution is -0.130. The molecule has 0 saturated carbocycles. The Morgan fingerprint density at radius 2 is 1.92 bits per heavy atom. The minimum atomic E-state index is -1.01. The van der Waals surface area contributed by atoms with Crippen LogP contribution in [-0.4, -0.2) is 22.4 Å². The van der Waals surface area contributed by atoms with E-state index >= 15 is 0 Å². The smallest absolute Gasteiger partial charge is 0.354 e. The summed E-state index contributed by atoms with van der Waals surface area (Å²) in [6.45, 7) is 7.28. The normalized spacial score (nSPS) is 24.5. The maximum Gasteiger partial charge on any atom is 0.354 e. The average Bonchev–Trinajstić information content (AvgIpc) is 2.03. The SMILES string of the molecule is CC1(C)ON=C(C(=O)O)C1(C)C. The molecule has 0 atom stereocenters. The molecule has 0 fully saturated rings.